The van der Waals surface area contributed by atoms with Crippen LogP contribution in [0.25, 0.3) is 22.2 Å². The van der Waals surface area contributed by atoms with E-state index in [9.17, 15) is 17.6 Å². The maximum atomic E-state index is 16.6. The first-order chi connectivity index (χ1) is 21.0. The lowest BCUT2D eigenvalue weighted by Gasteiger charge is -2.42. The van der Waals surface area contributed by atoms with Crippen LogP contribution in [0, 0.1) is 5.82 Å². The number of hydrogen-bond acceptors (Lipinski definition) is 9. The molecule has 6 heterocycles. The van der Waals surface area contributed by atoms with Gasteiger partial charge in [-0.25, -0.2) is 13.8 Å². The van der Waals surface area contributed by atoms with Gasteiger partial charge >= 0.3 is 12.2 Å². The summed E-state index contributed by atoms with van der Waals surface area (Å²) in [7, 11) is 0. The summed E-state index contributed by atoms with van der Waals surface area (Å²) in [6.07, 6.45) is -3.46. The second kappa shape index (κ2) is 10.5. The zero-order valence-corrected chi connectivity index (χ0v) is 24.4. The van der Waals surface area contributed by atoms with E-state index in [1.807, 2.05) is 11.8 Å². The molecule has 3 aromatic rings. The zero-order chi connectivity index (χ0) is 31.0. The molecule has 44 heavy (non-hydrogen) atoms. The molecule has 7 rings (SSSR count). The number of nitrogens with zero attached hydrogens (tertiary/aromatic N) is 5. The molecule has 0 radical (unpaired) electrons. The second-order valence-corrected chi connectivity index (χ2v) is 12.4. The first-order valence-electron chi connectivity index (χ1n) is 15.0. The van der Waals surface area contributed by atoms with Crippen molar-refractivity contribution < 1.29 is 31.4 Å². The standard InChI is InChI=1S/C30H34F5N7O2/c1-3-18-13-42-21(11-37-18)15(2)44-27-22-25(23(32)24(38-27)19-9-17(36)5-6-20(19)30(33,34)35)39-28(40-26(22)42)43-14-29-7-4-8-41(29)12-16(31)10-29/h5-6,9,15-16,18,21,37H,3-4,7-8,10-14,36H2,1-2H3/t15-,16+,18+,21-,29-/m0/s1. The topological polar surface area (TPSA) is 102 Å². The van der Waals surface area contributed by atoms with Gasteiger partial charge in [-0.05, 0) is 50.9 Å². The van der Waals surface area contributed by atoms with Gasteiger partial charge in [0.15, 0.2) is 5.82 Å². The number of benzene rings is 1. The molecule has 236 valence electrons. The molecule has 4 aliphatic rings. The summed E-state index contributed by atoms with van der Waals surface area (Å²) in [5.41, 5.74) is 2.90. The molecule has 0 spiro atoms. The van der Waals surface area contributed by atoms with E-state index in [0.29, 0.717) is 31.9 Å². The van der Waals surface area contributed by atoms with Gasteiger partial charge < -0.3 is 25.4 Å². The number of hydrogen-bond donors (Lipinski definition) is 2. The minimum absolute atomic E-state index is 0.0127. The van der Waals surface area contributed by atoms with Crippen molar-refractivity contribution >= 4 is 22.4 Å². The lowest BCUT2D eigenvalue weighted by Crippen LogP contribution is -2.60. The predicted molar refractivity (Wildman–Crippen MR) is 154 cm³/mol. The molecular weight excluding hydrogens is 585 g/mol. The number of anilines is 2. The number of nitrogens with two attached hydrogens (primary N) is 1. The summed E-state index contributed by atoms with van der Waals surface area (Å²) >= 11 is 0. The average Bonchev–Trinajstić information content (AvgIpc) is 3.48. The van der Waals surface area contributed by atoms with Crippen molar-refractivity contribution in [1.29, 1.82) is 0 Å². The summed E-state index contributed by atoms with van der Waals surface area (Å²) < 4.78 is 85.7. The van der Waals surface area contributed by atoms with E-state index < -0.39 is 46.6 Å². The number of nitrogens with one attached hydrogen (secondary N) is 1. The van der Waals surface area contributed by atoms with E-state index in [4.69, 9.17) is 20.2 Å². The number of pyridine rings is 1. The number of rotatable bonds is 5. The first-order valence-corrected chi connectivity index (χ1v) is 15.0. The van der Waals surface area contributed by atoms with Crippen LogP contribution in [0.1, 0.15) is 45.1 Å². The van der Waals surface area contributed by atoms with E-state index in [1.54, 1.807) is 0 Å². The Balaban J connectivity index is 1.41. The number of piperazine rings is 1. The minimum Gasteiger partial charge on any atom is -0.472 e. The molecule has 5 atom stereocenters. The second-order valence-electron chi connectivity index (χ2n) is 12.4. The molecule has 2 aromatic heterocycles. The van der Waals surface area contributed by atoms with Crippen LogP contribution in [0.2, 0.25) is 0 Å². The van der Waals surface area contributed by atoms with Gasteiger partial charge in [0.2, 0.25) is 5.88 Å². The third kappa shape index (κ3) is 4.77. The Morgan fingerprint density at radius 2 is 2.02 bits per heavy atom. The van der Waals surface area contributed by atoms with Crippen molar-refractivity contribution in [3.05, 3.63) is 29.6 Å². The number of fused-ring (bicyclic) bond motifs is 3. The Bertz CT molecular complexity index is 1610. The number of halogens is 5. The molecule has 3 saturated heterocycles. The molecular formula is C30H34F5N7O2. The minimum atomic E-state index is -4.80. The van der Waals surface area contributed by atoms with Crippen LogP contribution in [0.3, 0.4) is 0 Å². The highest BCUT2D eigenvalue weighted by atomic mass is 19.4. The van der Waals surface area contributed by atoms with E-state index in [2.05, 4.69) is 27.1 Å². The molecule has 1 aromatic carbocycles. The summed E-state index contributed by atoms with van der Waals surface area (Å²) in [4.78, 5) is 17.6. The number of aromatic nitrogens is 3. The summed E-state index contributed by atoms with van der Waals surface area (Å²) in [5.74, 6) is -0.804. The molecule has 0 saturated carbocycles. The fourth-order valence-electron chi connectivity index (χ4n) is 7.32. The van der Waals surface area contributed by atoms with Crippen molar-refractivity contribution in [2.45, 2.75) is 75.6 Å². The van der Waals surface area contributed by atoms with E-state index in [-0.39, 0.29) is 47.2 Å². The van der Waals surface area contributed by atoms with Crippen molar-refractivity contribution in [1.82, 2.24) is 25.2 Å². The van der Waals surface area contributed by atoms with Crippen LogP contribution in [0.5, 0.6) is 11.9 Å². The SMILES string of the molecule is CC[C@@H]1CN2c3nc(OC[C@@]45CCCN4C[C@H](F)C5)nc4c(F)c(-c5cc(N)ccc5C(F)(F)F)nc(c34)O[C@@H](C)[C@@H]2CN1. The Morgan fingerprint density at radius 1 is 1.20 bits per heavy atom. The van der Waals surface area contributed by atoms with E-state index >= 15 is 4.39 Å². The van der Waals surface area contributed by atoms with E-state index in [1.165, 1.54) is 0 Å². The highest BCUT2D eigenvalue weighted by Gasteiger charge is 2.49. The van der Waals surface area contributed by atoms with Gasteiger partial charge in [-0.2, -0.15) is 23.1 Å². The van der Waals surface area contributed by atoms with Gasteiger partial charge in [0.25, 0.3) is 0 Å². The number of nitrogen functional groups attached to an aromatic ring is 1. The summed E-state index contributed by atoms with van der Waals surface area (Å²) in [6, 6.07) is 2.69. The summed E-state index contributed by atoms with van der Waals surface area (Å²) in [5, 5.41) is 3.66. The smallest absolute Gasteiger partial charge is 0.417 e. The van der Waals surface area contributed by atoms with Crippen LogP contribution in [0.4, 0.5) is 33.5 Å². The van der Waals surface area contributed by atoms with Gasteiger partial charge in [-0.3, -0.25) is 4.90 Å². The third-order valence-corrected chi connectivity index (χ3v) is 9.58. The van der Waals surface area contributed by atoms with Crippen molar-refractivity contribution in [2.75, 3.05) is 43.4 Å². The Labute approximate surface area is 250 Å². The largest absolute Gasteiger partial charge is 0.472 e. The molecule has 0 unspecified atom stereocenters. The van der Waals surface area contributed by atoms with Gasteiger partial charge in [-0.1, -0.05) is 6.92 Å². The molecule has 3 fully saturated rings. The van der Waals surface area contributed by atoms with Crippen LogP contribution in [-0.2, 0) is 6.18 Å². The monoisotopic (exact) mass is 619 g/mol. The van der Waals surface area contributed by atoms with Gasteiger partial charge in [0, 0.05) is 43.3 Å². The van der Waals surface area contributed by atoms with Crippen LogP contribution < -0.4 is 25.4 Å². The number of alkyl halides is 4. The maximum absolute atomic E-state index is 16.6. The summed E-state index contributed by atoms with van der Waals surface area (Å²) in [6.45, 7) is 6.15. The maximum Gasteiger partial charge on any atom is 0.417 e. The Morgan fingerprint density at radius 3 is 2.80 bits per heavy atom. The zero-order valence-electron chi connectivity index (χ0n) is 24.4. The molecule has 0 amide bonds. The van der Waals surface area contributed by atoms with Crippen molar-refractivity contribution in [3.8, 4) is 23.1 Å². The average molecular weight is 620 g/mol. The first kappa shape index (κ1) is 29.2. The molecule has 9 nitrogen and oxygen atoms in total. The van der Waals surface area contributed by atoms with Gasteiger partial charge in [0.1, 0.15) is 41.3 Å². The number of ether oxygens (including phenoxy) is 2. The molecule has 3 N–H and O–H groups in total. The highest BCUT2D eigenvalue weighted by Crippen LogP contribution is 2.45. The lowest BCUT2D eigenvalue weighted by molar-refractivity contribution is -0.137. The molecule has 14 heteroatoms. The fourth-order valence-corrected chi connectivity index (χ4v) is 7.32. The van der Waals surface area contributed by atoms with Crippen LogP contribution in [-0.4, -0.2) is 82.5 Å². The van der Waals surface area contributed by atoms with Crippen LogP contribution >= 0.6 is 0 Å². The third-order valence-electron chi connectivity index (χ3n) is 9.58. The Kier molecular flexibility index (Phi) is 6.99. The van der Waals surface area contributed by atoms with Gasteiger partial charge in [0.05, 0.1) is 17.1 Å². The quantitative estimate of drug-likeness (QED) is 0.310. The fraction of sp³-hybridized carbons (Fsp3) is 0.567. The predicted octanol–water partition coefficient (Wildman–Crippen LogP) is 4.72. The van der Waals surface area contributed by atoms with Crippen LogP contribution in [0.15, 0.2) is 18.2 Å². The van der Waals surface area contributed by atoms with Crippen molar-refractivity contribution in [3.63, 3.8) is 0 Å². The molecule has 0 bridgehead atoms. The normalized spacial score (nSPS) is 28.5. The van der Waals surface area contributed by atoms with E-state index in [0.717, 1.165) is 44.0 Å². The highest BCUT2D eigenvalue weighted by molar-refractivity contribution is 5.97. The molecule has 0 aliphatic carbocycles. The van der Waals surface area contributed by atoms with Gasteiger partial charge in [-0.15, -0.1) is 0 Å². The lowest BCUT2D eigenvalue weighted by atomic mass is 9.95. The van der Waals surface area contributed by atoms with Crippen molar-refractivity contribution in [2.24, 2.45) is 0 Å². The molecule has 4 aliphatic heterocycles. The Hall–Kier alpha value is -3.52.